The van der Waals surface area contributed by atoms with Crippen molar-refractivity contribution in [1.29, 1.82) is 0 Å². The molecule has 12 aromatic rings. The van der Waals surface area contributed by atoms with Gasteiger partial charge >= 0.3 is 0 Å². The van der Waals surface area contributed by atoms with E-state index in [0.717, 1.165) is 65.0 Å². The van der Waals surface area contributed by atoms with Crippen molar-refractivity contribution in [3.63, 3.8) is 0 Å². The van der Waals surface area contributed by atoms with Crippen LogP contribution in [0.5, 0.6) is 0 Å². The molecule has 54 heavy (non-hydrogen) atoms. The molecule has 0 unspecified atom stereocenters. The van der Waals surface area contributed by atoms with Crippen LogP contribution in [0.15, 0.2) is 151 Å². The van der Waals surface area contributed by atoms with Gasteiger partial charge in [0.15, 0.2) is 0 Å². The lowest BCUT2D eigenvalue weighted by Crippen LogP contribution is -1.73. The van der Waals surface area contributed by atoms with E-state index in [2.05, 4.69) is 24.3 Å². The molecular formula is C46H22F2O4S2. The van der Waals surface area contributed by atoms with E-state index in [1.165, 1.54) is 34.8 Å². The van der Waals surface area contributed by atoms with Gasteiger partial charge < -0.3 is 17.7 Å². The second-order valence-electron chi connectivity index (χ2n) is 13.6. The average molecular weight is 741 g/mol. The van der Waals surface area contributed by atoms with Gasteiger partial charge in [-0.25, -0.2) is 8.78 Å². The van der Waals surface area contributed by atoms with Crippen LogP contribution in [0.3, 0.4) is 0 Å². The second kappa shape index (κ2) is 11.0. The number of fused-ring (bicyclic) bond motifs is 7. The molecule has 256 valence electrons. The van der Waals surface area contributed by atoms with Gasteiger partial charge in [0.2, 0.25) is 0 Å². The lowest BCUT2D eigenvalue weighted by atomic mass is 10.1. The molecule has 4 nitrogen and oxygen atoms in total. The van der Waals surface area contributed by atoms with Crippen LogP contribution in [0.25, 0.3) is 119 Å². The first-order valence-corrected chi connectivity index (χ1v) is 18.9. The number of rotatable bonds is 4. The van der Waals surface area contributed by atoms with Crippen LogP contribution >= 0.6 is 22.7 Å². The Morgan fingerprint density at radius 3 is 1.04 bits per heavy atom. The third-order valence-electron chi connectivity index (χ3n) is 10.2. The predicted molar refractivity (Wildman–Crippen MR) is 215 cm³/mol. The molecule has 0 spiro atoms. The van der Waals surface area contributed by atoms with Gasteiger partial charge in [0, 0.05) is 21.5 Å². The zero-order chi connectivity index (χ0) is 35.7. The fraction of sp³-hybridized carbons (Fsp3) is 0. The minimum atomic E-state index is -0.357. The molecule has 0 bridgehead atoms. The van der Waals surface area contributed by atoms with Crippen LogP contribution < -0.4 is 0 Å². The Balaban J connectivity index is 0.869. The highest BCUT2D eigenvalue weighted by molar-refractivity contribution is 7.19. The van der Waals surface area contributed by atoms with Crippen molar-refractivity contribution in [2.45, 2.75) is 0 Å². The van der Waals surface area contributed by atoms with E-state index in [9.17, 15) is 0 Å². The van der Waals surface area contributed by atoms with E-state index < -0.39 is 0 Å². The first-order chi connectivity index (χ1) is 26.5. The maximum absolute atomic E-state index is 15.4. The van der Waals surface area contributed by atoms with Gasteiger partial charge in [-0.2, -0.15) is 0 Å². The van der Waals surface area contributed by atoms with Gasteiger partial charge in [0.1, 0.15) is 66.8 Å². The molecule has 0 aliphatic heterocycles. The molecule has 0 atom stereocenters. The summed E-state index contributed by atoms with van der Waals surface area (Å²) in [6.07, 6.45) is 0. The fourth-order valence-corrected chi connectivity index (χ4v) is 9.44. The summed E-state index contributed by atoms with van der Waals surface area (Å²) in [5.74, 6) is 1.42. The number of hydrogen-bond acceptors (Lipinski definition) is 6. The molecule has 12 rings (SSSR count). The molecule has 0 saturated carbocycles. The maximum Gasteiger partial charge on any atom is 0.148 e. The molecule has 6 aromatic carbocycles. The third-order valence-corrected chi connectivity index (χ3v) is 12.5. The summed E-state index contributed by atoms with van der Waals surface area (Å²) in [6.45, 7) is 0. The second-order valence-corrected chi connectivity index (χ2v) is 15.7. The highest BCUT2D eigenvalue weighted by Crippen LogP contribution is 2.44. The first-order valence-electron chi connectivity index (χ1n) is 17.3. The van der Waals surface area contributed by atoms with E-state index >= 15 is 8.78 Å². The largest absolute Gasteiger partial charge is 0.455 e. The Morgan fingerprint density at radius 1 is 0.315 bits per heavy atom. The fourth-order valence-electron chi connectivity index (χ4n) is 7.56. The van der Waals surface area contributed by atoms with Crippen LogP contribution in [-0.2, 0) is 0 Å². The van der Waals surface area contributed by atoms with Crippen molar-refractivity contribution in [3.05, 3.63) is 145 Å². The minimum Gasteiger partial charge on any atom is -0.455 e. The monoisotopic (exact) mass is 740 g/mol. The lowest BCUT2D eigenvalue weighted by Gasteiger charge is -1.98. The van der Waals surface area contributed by atoms with Gasteiger partial charge in [-0.05, 0) is 117 Å². The zero-order valence-electron chi connectivity index (χ0n) is 27.9. The minimum absolute atomic E-state index is 0.357. The molecule has 0 fully saturated rings. The van der Waals surface area contributed by atoms with Crippen LogP contribution in [-0.4, -0.2) is 0 Å². The highest BCUT2D eigenvalue weighted by atomic mass is 32.1. The van der Waals surface area contributed by atoms with E-state index in [0.29, 0.717) is 53.7 Å². The smallest absolute Gasteiger partial charge is 0.148 e. The molecule has 0 N–H and O–H groups in total. The van der Waals surface area contributed by atoms with Crippen molar-refractivity contribution in [1.82, 2.24) is 0 Å². The Bertz CT molecular complexity index is 3090. The molecular weight excluding hydrogens is 719 g/mol. The summed E-state index contributed by atoms with van der Waals surface area (Å²) < 4.78 is 55.7. The normalized spacial score (nSPS) is 12.3. The number of halogens is 2. The van der Waals surface area contributed by atoms with Crippen LogP contribution in [0.4, 0.5) is 8.78 Å². The van der Waals surface area contributed by atoms with Crippen molar-refractivity contribution in [3.8, 4) is 42.5 Å². The third kappa shape index (κ3) is 4.63. The Hall–Kier alpha value is -6.48. The predicted octanol–water partition coefficient (Wildman–Crippen LogP) is 15.2. The lowest BCUT2D eigenvalue weighted by molar-refractivity contribution is 0.605. The molecule has 0 aliphatic rings. The summed E-state index contributed by atoms with van der Waals surface area (Å²) >= 11 is 2.60. The van der Waals surface area contributed by atoms with Crippen molar-refractivity contribution in [2.24, 2.45) is 0 Å². The van der Waals surface area contributed by atoms with Gasteiger partial charge in [0.25, 0.3) is 0 Å². The number of benzene rings is 6. The number of furan rings is 4. The summed E-state index contributed by atoms with van der Waals surface area (Å²) in [7, 11) is 0. The number of thiophene rings is 2. The summed E-state index contributed by atoms with van der Waals surface area (Å²) in [4.78, 5) is 2.20. The molecule has 0 radical (unpaired) electrons. The SMILES string of the molecule is Fc1cc(-c2cc3cc4cc5oc(-c6cc(F)c(-c7cc8cc9ccccc9cc8o7)s6)cc5cc4cc3o2)sc1-c1cc2cc3ccccc3cc2o1. The van der Waals surface area contributed by atoms with E-state index in [1.54, 1.807) is 0 Å². The summed E-state index contributed by atoms with van der Waals surface area (Å²) in [5.41, 5.74) is 2.82. The standard InChI is InChI=1S/C46H22F2O4S2/c47-33-21-43(53-45(33)41-19-29-9-23-5-1-3-7-25(23)13-35(29)51-41)39-17-31-11-27-16-38-32(12-28(27)15-37(31)49-39)18-40(50-38)44-22-34(48)46(54-44)42-20-30-10-24-6-2-4-8-26(24)14-36(30)52-42/h1-22H. The highest BCUT2D eigenvalue weighted by Gasteiger charge is 2.21. The Kier molecular flexibility index (Phi) is 6.13. The number of hydrogen-bond donors (Lipinski definition) is 0. The molecule has 0 aliphatic carbocycles. The van der Waals surface area contributed by atoms with Crippen molar-refractivity contribution >= 4 is 98.9 Å². The Labute approximate surface area is 311 Å². The molecule has 6 heterocycles. The van der Waals surface area contributed by atoms with Gasteiger partial charge in [0.05, 0.1) is 9.75 Å². The van der Waals surface area contributed by atoms with Gasteiger partial charge in [-0.1, -0.05) is 48.5 Å². The molecule has 6 aromatic heterocycles. The topological polar surface area (TPSA) is 52.6 Å². The summed E-state index contributed by atoms with van der Waals surface area (Å²) in [5, 5.41) is 9.90. The van der Waals surface area contributed by atoms with Gasteiger partial charge in [-0.15, -0.1) is 22.7 Å². The Morgan fingerprint density at radius 2 is 0.630 bits per heavy atom. The molecule has 0 amide bonds. The van der Waals surface area contributed by atoms with Crippen LogP contribution in [0.1, 0.15) is 0 Å². The van der Waals surface area contributed by atoms with E-state index in [1.807, 2.05) is 97.1 Å². The van der Waals surface area contributed by atoms with E-state index in [-0.39, 0.29) is 11.6 Å². The summed E-state index contributed by atoms with van der Waals surface area (Å²) in [6, 6.07) is 43.0. The van der Waals surface area contributed by atoms with Crippen molar-refractivity contribution < 1.29 is 26.4 Å². The van der Waals surface area contributed by atoms with Crippen LogP contribution in [0, 0.1) is 11.6 Å². The first kappa shape index (κ1) is 30.0. The molecule has 8 heteroatoms. The van der Waals surface area contributed by atoms with Crippen LogP contribution in [0.2, 0.25) is 0 Å². The average Bonchev–Trinajstić information content (AvgIpc) is 4.03. The quantitative estimate of drug-likeness (QED) is 0.180. The zero-order valence-corrected chi connectivity index (χ0v) is 29.5. The van der Waals surface area contributed by atoms with E-state index in [4.69, 9.17) is 17.7 Å². The maximum atomic E-state index is 15.4. The van der Waals surface area contributed by atoms with Crippen molar-refractivity contribution in [2.75, 3.05) is 0 Å². The molecule has 0 saturated heterocycles. The van der Waals surface area contributed by atoms with Gasteiger partial charge in [-0.3, -0.25) is 0 Å².